The minimum absolute atomic E-state index is 0.242. The molecule has 3 rings (SSSR count). The fraction of sp³-hybridized carbons (Fsp3) is 0.909. The van der Waals surface area contributed by atoms with Gasteiger partial charge in [-0.25, -0.2) is 0 Å². The Bertz CT molecular complexity index is 250. The molecule has 0 radical (unpaired) electrons. The minimum Gasteiger partial charge on any atom is -0.350 e. The Morgan fingerprint density at radius 1 is 1.29 bits per heavy atom. The van der Waals surface area contributed by atoms with Crippen molar-refractivity contribution in [2.75, 3.05) is 13.1 Å². The molecule has 1 amide bonds. The van der Waals surface area contributed by atoms with E-state index in [2.05, 4.69) is 10.6 Å². The molecule has 0 aromatic heterocycles. The van der Waals surface area contributed by atoms with Crippen LogP contribution in [0, 0.1) is 11.8 Å². The summed E-state index contributed by atoms with van der Waals surface area (Å²) in [5.41, 5.74) is 0.264. The Morgan fingerprint density at radius 3 is 2.57 bits per heavy atom. The SMILES string of the molecule is O=C(NC1(C2CC2)CC1)C1CCNC1. The molecule has 1 aliphatic heterocycles. The third-order valence-electron chi connectivity index (χ3n) is 3.95. The molecule has 14 heavy (non-hydrogen) atoms. The van der Waals surface area contributed by atoms with E-state index < -0.39 is 0 Å². The Labute approximate surface area is 84.6 Å². The van der Waals surface area contributed by atoms with Crippen LogP contribution < -0.4 is 10.6 Å². The normalized spacial score (nSPS) is 34.1. The van der Waals surface area contributed by atoms with Crippen molar-refractivity contribution in [2.24, 2.45) is 11.8 Å². The lowest BCUT2D eigenvalue weighted by molar-refractivity contribution is -0.125. The molecule has 3 fully saturated rings. The lowest BCUT2D eigenvalue weighted by Gasteiger charge is -2.19. The number of nitrogens with one attached hydrogen (secondary N) is 2. The lowest BCUT2D eigenvalue weighted by atomic mass is 10.1. The number of rotatable bonds is 3. The molecule has 0 aromatic rings. The molecule has 1 heterocycles. The predicted molar refractivity (Wildman–Crippen MR) is 53.8 cm³/mol. The summed E-state index contributed by atoms with van der Waals surface area (Å²) in [6.45, 7) is 1.89. The number of amides is 1. The van der Waals surface area contributed by atoms with E-state index in [1.54, 1.807) is 0 Å². The molecule has 3 heteroatoms. The van der Waals surface area contributed by atoms with Crippen LogP contribution in [0.25, 0.3) is 0 Å². The number of carbonyl (C=O) groups is 1. The van der Waals surface area contributed by atoms with Crippen LogP contribution in [-0.4, -0.2) is 24.5 Å². The van der Waals surface area contributed by atoms with Gasteiger partial charge >= 0.3 is 0 Å². The average Bonchev–Trinajstić information content (AvgIpc) is 3.07. The highest BCUT2D eigenvalue weighted by atomic mass is 16.2. The Balaban J connectivity index is 1.58. The fourth-order valence-electron chi connectivity index (χ4n) is 2.63. The topological polar surface area (TPSA) is 41.1 Å². The van der Waals surface area contributed by atoms with Crippen LogP contribution in [-0.2, 0) is 4.79 Å². The van der Waals surface area contributed by atoms with Crippen LogP contribution in [0.1, 0.15) is 32.1 Å². The van der Waals surface area contributed by atoms with Gasteiger partial charge in [0.1, 0.15) is 0 Å². The van der Waals surface area contributed by atoms with E-state index >= 15 is 0 Å². The van der Waals surface area contributed by atoms with Gasteiger partial charge in [-0.3, -0.25) is 4.79 Å². The molecule has 0 aromatic carbocycles. The van der Waals surface area contributed by atoms with Crippen molar-refractivity contribution in [3.05, 3.63) is 0 Å². The second-order valence-corrected chi connectivity index (χ2v) is 5.11. The standard InChI is InChI=1S/C11H18N2O/c14-10(8-3-6-12-7-8)13-11(4-5-11)9-1-2-9/h8-9,12H,1-7H2,(H,13,14). The van der Waals surface area contributed by atoms with Crippen molar-refractivity contribution in [2.45, 2.75) is 37.6 Å². The molecular formula is C11H18N2O. The maximum atomic E-state index is 11.9. The summed E-state index contributed by atoms with van der Waals surface area (Å²) in [6, 6.07) is 0. The molecule has 2 aliphatic carbocycles. The second-order valence-electron chi connectivity index (χ2n) is 5.11. The molecule has 1 atom stereocenters. The zero-order chi connectivity index (χ0) is 9.60. The molecule has 78 valence electrons. The van der Waals surface area contributed by atoms with Crippen molar-refractivity contribution in [3.63, 3.8) is 0 Å². The molecule has 3 aliphatic rings. The van der Waals surface area contributed by atoms with Gasteiger partial charge in [0.15, 0.2) is 0 Å². The van der Waals surface area contributed by atoms with Crippen LogP contribution in [0.2, 0.25) is 0 Å². The first-order chi connectivity index (χ1) is 6.80. The summed E-state index contributed by atoms with van der Waals surface area (Å²) < 4.78 is 0. The van der Waals surface area contributed by atoms with E-state index in [0.29, 0.717) is 5.91 Å². The summed E-state index contributed by atoms with van der Waals surface area (Å²) in [6.07, 6.45) is 6.14. The Hall–Kier alpha value is -0.570. The number of hydrogen-bond acceptors (Lipinski definition) is 2. The molecule has 2 saturated carbocycles. The summed E-state index contributed by atoms with van der Waals surface area (Å²) in [7, 11) is 0. The second kappa shape index (κ2) is 2.96. The molecule has 0 bridgehead atoms. The van der Waals surface area contributed by atoms with Crippen LogP contribution >= 0.6 is 0 Å². The summed E-state index contributed by atoms with van der Waals surface area (Å²) in [5, 5.41) is 6.54. The van der Waals surface area contributed by atoms with Gasteiger partial charge in [-0.05, 0) is 44.6 Å². The van der Waals surface area contributed by atoms with Crippen molar-refractivity contribution in [1.82, 2.24) is 10.6 Å². The van der Waals surface area contributed by atoms with Gasteiger partial charge < -0.3 is 10.6 Å². The van der Waals surface area contributed by atoms with Crippen molar-refractivity contribution in [3.8, 4) is 0 Å². The Morgan fingerprint density at radius 2 is 2.07 bits per heavy atom. The molecular weight excluding hydrogens is 176 g/mol. The highest BCUT2D eigenvalue weighted by Gasteiger charge is 2.55. The smallest absolute Gasteiger partial charge is 0.224 e. The lowest BCUT2D eigenvalue weighted by Crippen LogP contribution is -2.42. The first kappa shape index (κ1) is 8.72. The highest BCUT2D eigenvalue weighted by Crippen LogP contribution is 2.53. The van der Waals surface area contributed by atoms with Gasteiger partial charge in [-0.15, -0.1) is 0 Å². The van der Waals surface area contributed by atoms with Crippen LogP contribution in [0.4, 0.5) is 0 Å². The van der Waals surface area contributed by atoms with E-state index in [9.17, 15) is 4.79 Å². The average molecular weight is 194 g/mol. The van der Waals surface area contributed by atoms with E-state index in [1.807, 2.05) is 0 Å². The summed E-state index contributed by atoms with van der Waals surface area (Å²) in [4.78, 5) is 11.9. The molecule has 2 N–H and O–H groups in total. The molecule has 1 unspecified atom stereocenters. The van der Waals surface area contributed by atoms with Gasteiger partial charge in [-0.2, -0.15) is 0 Å². The van der Waals surface area contributed by atoms with Gasteiger partial charge in [0.05, 0.1) is 5.92 Å². The van der Waals surface area contributed by atoms with E-state index in [0.717, 1.165) is 25.4 Å². The summed E-state index contributed by atoms with van der Waals surface area (Å²) >= 11 is 0. The first-order valence-electron chi connectivity index (χ1n) is 5.83. The van der Waals surface area contributed by atoms with E-state index in [-0.39, 0.29) is 11.5 Å². The number of hydrogen-bond donors (Lipinski definition) is 2. The van der Waals surface area contributed by atoms with Crippen LogP contribution in [0.3, 0.4) is 0 Å². The quantitative estimate of drug-likeness (QED) is 0.693. The monoisotopic (exact) mass is 194 g/mol. The maximum Gasteiger partial charge on any atom is 0.224 e. The first-order valence-corrected chi connectivity index (χ1v) is 5.83. The van der Waals surface area contributed by atoms with Crippen LogP contribution in [0.5, 0.6) is 0 Å². The van der Waals surface area contributed by atoms with E-state index in [4.69, 9.17) is 0 Å². The van der Waals surface area contributed by atoms with Crippen molar-refractivity contribution in [1.29, 1.82) is 0 Å². The van der Waals surface area contributed by atoms with E-state index in [1.165, 1.54) is 25.7 Å². The van der Waals surface area contributed by atoms with Gasteiger partial charge in [0.25, 0.3) is 0 Å². The number of carbonyl (C=O) groups excluding carboxylic acids is 1. The molecule has 3 nitrogen and oxygen atoms in total. The van der Waals surface area contributed by atoms with Gasteiger partial charge in [0.2, 0.25) is 5.91 Å². The van der Waals surface area contributed by atoms with Crippen LogP contribution in [0.15, 0.2) is 0 Å². The highest BCUT2D eigenvalue weighted by molar-refractivity contribution is 5.80. The minimum atomic E-state index is 0.242. The largest absolute Gasteiger partial charge is 0.350 e. The molecule has 1 saturated heterocycles. The third-order valence-corrected chi connectivity index (χ3v) is 3.95. The van der Waals surface area contributed by atoms with Gasteiger partial charge in [0, 0.05) is 12.1 Å². The zero-order valence-electron chi connectivity index (χ0n) is 8.51. The zero-order valence-corrected chi connectivity index (χ0v) is 8.51. The maximum absolute atomic E-state index is 11.9. The van der Waals surface area contributed by atoms with Crippen molar-refractivity contribution < 1.29 is 4.79 Å². The van der Waals surface area contributed by atoms with Crippen molar-refractivity contribution >= 4 is 5.91 Å². The molecule has 0 spiro atoms. The third kappa shape index (κ3) is 1.44. The summed E-state index contributed by atoms with van der Waals surface area (Å²) in [5.74, 6) is 1.37. The predicted octanol–water partition coefficient (Wildman–Crippen LogP) is 0.655. The fourth-order valence-corrected chi connectivity index (χ4v) is 2.63. The Kier molecular flexibility index (Phi) is 1.84. The van der Waals surface area contributed by atoms with Gasteiger partial charge in [-0.1, -0.05) is 0 Å².